The second kappa shape index (κ2) is 7.72. The van der Waals surface area contributed by atoms with Gasteiger partial charge in [0.25, 0.3) is 5.91 Å². The van der Waals surface area contributed by atoms with Gasteiger partial charge in [0.2, 0.25) is 5.91 Å². The van der Waals surface area contributed by atoms with Crippen LogP contribution in [0.15, 0.2) is 18.2 Å². The number of halogens is 2. The Kier molecular flexibility index (Phi) is 5.64. The first-order chi connectivity index (χ1) is 11.5. The first-order valence-corrected chi connectivity index (χ1v) is 9.05. The third-order valence-electron chi connectivity index (χ3n) is 4.68. The third kappa shape index (κ3) is 4.02. The number of benzene rings is 1. The molecule has 0 unspecified atom stereocenters. The van der Waals surface area contributed by atoms with E-state index in [2.05, 4.69) is 5.32 Å². The molecule has 2 heterocycles. The molecule has 1 N–H and O–H groups in total. The molecule has 1 aromatic rings. The quantitative estimate of drug-likeness (QED) is 0.869. The molecule has 0 saturated carbocycles. The Morgan fingerprint density at radius 1 is 0.917 bits per heavy atom. The van der Waals surface area contributed by atoms with Gasteiger partial charge in [-0.15, -0.1) is 0 Å². The zero-order valence-corrected chi connectivity index (χ0v) is 14.9. The highest BCUT2D eigenvalue weighted by atomic mass is 35.5. The van der Waals surface area contributed by atoms with Crippen LogP contribution >= 0.6 is 23.2 Å². The summed E-state index contributed by atoms with van der Waals surface area (Å²) in [6.07, 6.45) is 1.80. The maximum absolute atomic E-state index is 12.6. The van der Waals surface area contributed by atoms with Crippen LogP contribution in [-0.4, -0.2) is 60.9 Å². The van der Waals surface area contributed by atoms with Gasteiger partial charge < -0.3 is 15.1 Å². The van der Waals surface area contributed by atoms with E-state index < -0.39 is 0 Å². The minimum absolute atomic E-state index is 0.0895. The molecule has 3 rings (SSSR count). The summed E-state index contributed by atoms with van der Waals surface area (Å²) in [5, 5.41) is 4.18. The maximum atomic E-state index is 12.6. The van der Waals surface area contributed by atoms with Crippen molar-refractivity contribution in [2.75, 3.05) is 39.3 Å². The Balaban J connectivity index is 1.58. The summed E-state index contributed by atoms with van der Waals surface area (Å²) < 4.78 is 0. The number of carbonyl (C=O) groups excluding carboxylic acids is 2. The Morgan fingerprint density at radius 3 is 2.04 bits per heavy atom. The van der Waals surface area contributed by atoms with Crippen molar-refractivity contribution in [3.8, 4) is 0 Å². The SMILES string of the molecule is O=C(c1cc(Cl)cc(Cl)c1)N1CCN(C(=O)C2CCNCC2)CC1. The summed E-state index contributed by atoms with van der Waals surface area (Å²) in [4.78, 5) is 28.8. The van der Waals surface area contributed by atoms with Gasteiger partial charge in [0, 0.05) is 47.7 Å². The number of hydrogen-bond donors (Lipinski definition) is 1. The van der Waals surface area contributed by atoms with Gasteiger partial charge in [0.05, 0.1) is 0 Å². The summed E-state index contributed by atoms with van der Waals surface area (Å²) in [5.41, 5.74) is 0.491. The average molecular weight is 370 g/mol. The van der Waals surface area contributed by atoms with Gasteiger partial charge in [0.15, 0.2) is 0 Å². The number of piperazine rings is 1. The number of nitrogens with zero attached hydrogens (tertiary/aromatic N) is 2. The molecular weight excluding hydrogens is 349 g/mol. The molecule has 5 nitrogen and oxygen atoms in total. The lowest BCUT2D eigenvalue weighted by Gasteiger charge is -2.37. The molecule has 2 amide bonds. The number of nitrogens with one attached hydrogen (secondary N) is 1. The highest BCUT2D eigenvalue weighted by molar-refractivity contribution is 6.35. The fraction of sp³-hybridized carbons (Fsp3) is 0.529. The zero-order valence-electron chi connectivity index (χ0n) is 13.4. The van der Waals surface area contributed by atoms with Crippen LogP contribution in [0.4, 0.5) is 0 Å². The summed E-state index contributed by atoms with van der Waals surface area (Å²) in [7, 11) is 0. The van der Waals surface area contributed by atoms with Crippen molar-refractivity contribution in [3.63, 3.8) is 0 Å². The van der Waals surface area contributed by atoms with E-state index in [0.29, 0.717) is 41.8 Å². The predicted molar refractivity (Wildman–Crippen MR) is 94.5 cm³/mol. The predicted octanol–water partition coefficient (Wildman–Crippen LogP) is 2.28. The molecular formula is C17H21Cl2N3O2. The van der Waals surface area contributed by atoms with Crippen LogP contribution in [0.1, 0.15) is 23.2 Å². The zero-order chi connectivity index (χ0) is 17.1. The molecule has 24 heavy (non-hydrogen) atoms. The van der Waals surface area contributed by atoms with Crippen molar-refractivity contribution in [2.24, 2.45) is 5.92 Å². The average Bonchev–Trinajstić information content (AvgIpc) is 2.60. The van der Waals surface area contributed by atoms with Crippen LogP contribution in [0.5, 0.6) is 0 Å². The number of carbonyl (C=O) groups is 2. The minimum atomic E-state index is -0.0895. The Hall–Kier alpha value is -1.30. The van der Waals surface area contributed by atoms with E-state index in [0.717, 1.165) is 25.9 Å². The van der Waals surface area contributed by atoms with Crippen molar-refractivity contribution in [1.29, 1.82) is 0 Å². The second-order valence-corrected chi connectivity index (χ2v) is 7.17. The van der Waals surface area contributed by atoms with E-state index in [1.54, 1.807) is 23.1 Å². The highest BCUT2D eigenvalue weighted by Crippen LogP contribution is 2.21. The number of piperidine rings is 1. The molecule has 0 spiro atoms. The maximum Gasteiger partial charge on any atom is 0.254 e. The second-order valence-electron chi connectivity index (χ2n) is 6.30. The van der Waals surface area contributed by atoms with Crippen LogP contribution in [0.2, 0.25) is 10.0 Å². The molecule has 2 aliphatic rings. The van der Waals surface area contributed by atoms with Crippen LogP contribution < -0.4 is 5.32 Å². The van der Waals surface area contributed by atoms with Crippen LogP contribution in [0.25, 0.3) is 0 Å². The lowest BCUT2D eigenvalue weighted by molar-refractivity contribution is -0.137. The van der Waals surface area contributed by atoms with E-state index >= 15 is 0 Å². The van der Waals surface area contributed by atoms with Crippen molar-refractivity contribution in [3.05, 3.63) is 33.8 Å². The lowest BCUT2D eigenvalue weighted by atomic mass is 9.96. The molecule has 0 radical (unpaired) electrons. The van der Waals surface area contributed by atoms with Crippen molar-refractivity contribution in [2.45, 2.75) is 12.8 Å². The van der Waals surface area contributed by atoms with Crippen LogP contribution in [0, 0.1) is 5.92 Å². The smallest absolute Gasteiger partial charge is 0.254 e. The summed E-state index contributed by atoms with van der Waals surface area (Å²) in [5.74, 6) is 0.267. The van der Waals surface area contributed by atoms with Crippen molar-refractivity contribution >= 4 is 35.0 Å². The van der Waals surface area contributed by atoms with Gasteiger partial charge >= 0.3 is 0 Å². The van der Waals surface area contributed by atoms with Crippen molar-refractivity contribution < 1.29 is 9.59 Å². The molecule has 7 heteroatoms. The van der Waals surface area contributed by atoms with Gasteiger partial charge in [-0.1, -0.05) is 23.2 Å². The fourth-order valence-electron chi connectivity index (χ4n) is 3.32. The summed E-state index contributed by atoms with van der Waals surface area (Å²) in [6.45, 7) is 4.07. The van der Waals surface area contributed by atoms with E-state index in [4.69, 9.17) is 23.2 Å². The monoisotopic (exact) mass is 369 g/mol. The first kappa shape index (κ1) is 17.5. The van der Waals surface area contributed by atoms with E-state index in [1.165, 1.54) is 0 Å². The number of rotatable bonds is 2. The molecule has 0 atom stereocenters. The Morgan fingerprint density at radius 2 is 1.46 bits per heavy atom. The normalized spacial score (nSPS) is 19.4. The topological polar surface area (TPSA) is 52.7 Å². The largest absolute Gasteiger partial charge is 0.339 e. The van der Waals surface area contributed by atoms with Crippen LogP contribution in [0.3, 0.4) is 0 Å². The lowest BCUT2D eigenvalue weighted by Crippen LogP contribution is -2.52. The molecule has 0 aromatic heterocycles. The van der Waals surface area contributed by atoms with Gasteiger partial charge in [-0.2, -0.15) is 0 Å². The van der Waals surface area contributed by atoms with Gasteiger partial charge in [-0.3, -0.25) is 9.59 Å². The Bertz CT molecular complexity index is 604. The molecule has 2 fully saturated rings. The number of hydrogen-bond acceptors (Lipinski definition) is 3. The highest BCUT2D eigenvalue weighted by Gasteiger charge is 2.30. The summed E-state index contributed by atoms with van der Waals surface area (Å²) in [6, 6.07) is 4.86. The van der Waals surface area contributed by atoms with Crippen LogP contribution in [-0.2, 0) is 4.79 Å². The third-order valence-corrected chi connectivity index (χ3v) is 5.11. The summed E-state index contributed by atoms with van der Waals surface area (Å²) >= 11 is 11.9. The molecule has 2 aliphatic heterocycles. The molecule has 1 aromatic carbocycles. The van der Waals surface area contributed by atoms with Gasteiger partial charge in [0.1, 0.15) is 0 Å². The molecule has 130 valence electrons. The minimum Gasteiger partial charge on any atom is -0.339 e. The molecule has 0 bridgehead atoms. The molecule has 2 saturated heterocycles. The Labute approximate surface area is 151 Å². The van der Waals surface area contributed by atoms with Crippen molar-refractivity contribution in [1.82, 2.24) is 15.1 Å². The van der Waals surface area contributed by atoms with E-state index in [1.807, 2.05) is 4.90 Å². The number of amides is 2. The fourth-order valence-corrected chi connectivity index (χ4v) is 3.84. The van der Waals surface area contributed by atoms with Gasteiger partial charge in [-0.25, -0.2) is 0 Å². The van der Waals surface area contributed by atoms with E-state index in [-0.39, 0.29) is 17.7 Å². The standard InChI is InChI=1S/C17H21Cl2N3O2/c18-14-9-13(10-15(19)11-14)17(24)22-7-5-21(6-8-22)16(23)12-1-3-20-4-2-12/h9-12,20H,1-8H2. The van der Waals surface area contributed by atoms with Gasteiger partial charge in [-0.05, 0) is 44.1 Å². The first-order valence-electron chi connectivity index (χ1n) is 8.29. The molecule has 0 aliphatic carbocycles. The van der Waals surface area contributed by atoms with E-state index in [9.17, 15) is 9.59 Å².